The van der Waals surface area contributed by atoms with Gasteiger partial charge in [-0.3, -0.25) is 14.7 Å². The van der Waals surface area contributed by atoms with Gasteiger partial charge in [0.05, 0.1) is 4.90 Å². The number of nitrogens with zero attached hydrogens (tertiary/aromatic N) is 3. The van der Waals surface area contributed by atoms with Gasteiger partial charge in [-0.25, -0.2) is 8.42 Å². The van der Waals surface area contributed by atoms with E-state index in [4.69, 9.17) is 0 Å². The molecule has 1 saturated carbocycles. The number of carbonyl (C=O) groups is 1. The Morgan fingerprint density at radius 1 is 1.00 bits per heavy atom. The number of aromatic nitrogens is 1. The molecule has 0 N–H and O–H groups in total. The van der Waals surface area contributed by atoms with Crippen LogP contribution in [0.3, 0.4) is 0 Å². The highest BCUT2D eigenvalue weighted by atomic mass is 32.2. The van der Waals surface area contributed by atoms with Crippen LogP contribution in [0.15, 0.2) is 53.7 Å². The van der Waals surface area contributed by atoms with Crippen LogP contribution < -0.4 is 0 Å². The second kappa shape index (κ2) is 8.34. The SMILES string of the molecule is CC(=O)c1ccc(S(=O)(=O)N2CCN(C(c3ccncc3)C3CCC3)CC2)cc1. The van der Waals surface area contributed by atoms with E-state index in [-0.39, 0.29) is 10.7 Å². The molecule has 2 aliphatic rings. The first-order valence-corrected chi connectivity index (χ1v) is 11.7. The molecule has 1 aromatic heterocycles. The molecular weight excluding hydrogens is 386 g/mol. The van der Waals surface area contributed by atoms with Crippen LogP contribution in [0.4, 0.5) is 0 Å². The summed E-state index contributed by atoms with van der Waals surface area (Å²) >= 11 is 0. The lowest BCUT2D eigenvalue weighted by Gasteiger charge is -2.44. The van der Waals surface area contributed by atoms with Crippen LogP contribution in [0.1, 0.15) is 48.1 Å². The Morgan fingerprint density at radius 2 is 1.62 bits per heavy atom. The molecule has 1 aromatic carbocycles. The Bertz CT molecular complexity index is 949. The molecule has 1 aliphatic heterocycles. The Kier molecular flexibility index (Phi) is 5.81. The minimum absolute atomic E-state index is 0.0688. The number of sulfonamides is 1. The normalized spacial score (nSPS) is 20.2. The molecule has 6 nitrogen and oxygen atoms in total. The molecule has 2 fully saturated rings. The van der Waals surface area contributed by atoms with Crippen molar-refractivity contribution < 1.29 is 13.2 Å². The number of carbonyl (C=O) groups excluding carboxylic acids is 1. The highest BCUT2D eigenvalue weighted by Crippen LogP contribution is 2.41. The predicted molar refractivity (Wildman–Crippen MR) is 111 cm³/mol. The lowest BCUT2D eigenvalue weighted by Crippen LogP contribution is -2.51. The second-order valence-electron chi connectivity index (χ2n) is 7.94. The third kappa shape index (κ3) is 4.13. The fourth-order valence-electron chi connectivity index (χ4n) is 4.33. The lowest BCUT2D eigenvalue weighted by molar-refractivity contribution is 0.0662. The van der Waals surface area contributed by atoms with Gasteiger partial charge in [0.25, 0.3) is 0 Å². The number of benzene rings is 1. The van der Waals surface area contributed by atoms with Gasteiger partial charge in [-0.2, -0.15) is 4.31 Å². The van der Waals surface area contributed by atoms with Crippen LogP contribution in [-0.2, 0) is 10.0 Å². The highest BCUT2D eigenvalue weighted by molar-refractivity contribution is 7.89. The molecule has 0 radical (unpaired) electrons. The summed E-state index contributed by atoms with van der Waals surface area (Å²) in [6, 6.07) is 10.7. The van der Waals surface area contributed by atoms with Crippen molar-refractivity contribution in [2.24, 2.45) is 5.92 Å². The largest absolute Gasteiger partial charge is 0.295 e. The fraction of sp³-hybridized carbons (Fsp3) is 0.455. The van der Waals surface area contributed by atoms with Crippen LogP contribution in [0.2, 0.25) is 0 Å². The van der Waals surface area contributed by atoms with E-state index >= 15 is 0 Å². The summed E-state index contributed by atoms with van der Waals surface area (Å²) in [6.07, 6.45) is 7.41. The standard InChI is InChI=1S/C22H27N3O3S/c1-17(26)18-5-7-21(8-6-18)29(27,28)25-15-13-24(14-16-25)22(19-3-2-4-19)20-9-11-23-12-10-20/h5-12,19,22H,2-4,13-16H2,1H3. The van der Waals surface area contributed by atoms with Crippen LogP contribution in [0.25, 0.3) is 0 Å². The van der Waals surface area contributed by atoms with Gasteiger partial charge in [0.1, 0.15) is 0 Å². The summed E-state index contributed by atoms with van der Waals surface area (Å²) in [5, 5.41) is 0. The van der Waals surface area contributed by atoms with Gasteiger partial charge in [0.2, 0.25) is 10.0 Å². The first-order valence-electron chi connectivity index (χ1n) is 10.2. The number of ketones is 1. The van der Waals surface area contributed by atoms with Crippen molar-refractivity contribution in [3.05, 3.63) is 59.9 Å². The highest BCUT2D eigenvalue weighted by Gasteiger charge is 2.36. The zero-order chi connectivity index (χ0) is 20.4. The monoisotopic (exact) mass is 413 g/mol. The van der Waals surface area contributed by atoms with Gasteiger partial charge in [-0.15, -0.1) is 0 Å². The molecule has 0 bridgehead atoms. The van der Waals surface area contributed by atoms with Crippen molar-refractivity contribution in [2.75, 3.05) is 26.2 Å². The van der Waals surface area contributed by atoms with Crippen LogP contribution in [0.5, 0.6) is 0 Å². The Hall–Kier alpha value is -2.09. The van der Waals surface area contributed by atoms with E-state index < -0.39 is 10.0 Å². The van der Waals surface area contributed by atoms with Crippen LogP contribution in [-0.4, -0.2) is 54.6 Å². The van der Waals surface area contributed by atoms with Gasteiger partial charge >= 0.3 is 0 Å². The molecule has 0 amide bonds. The predicted octanol–water partition coefficient (Wildman–Crippen LogP) is 3.13. The third-order valence-corrected chi connectivity index (χ3v) is 8.12. The van der Waals surface area contributed by atoms with Gasteiger partial charge < -0.3 is 0 Å². The number of hydrogen-bond acceptors (Lipinski definition) is 5. The molecule has 1 atom stereocenters. The second-order valence-corrected chi connectivity index (χ2v) is 9.87. The van der Waals surface area contributed by atoms with Crippen molar-refractivity contribution in [1.29, 1.82) is 0 Å². The zero-order valence-electron chi connectivity index (χ0n) is 16.7. The van der Waals surface area contributed by atoms with Crippen molar-refractivity contribution in [3.63, 3.8) is 0 Å². The van der Waals surface area contributed by atoms with Gasteiger partial charge in [0.15, 0.2) is 5.78 Å². The maximum absolute atomic E-state index is 13.0. The van der Waals surface area contributed by atoms with Gasteiger partial charge in [0, 0.05) is 50.2 Å². The number of pyridine rings is 1. The first-order chi connectivity index (χ1) is 14.0. The van der Waals surface area contributed by atoms with E-state index in [9.17, 15) is 13.2 Å². The molecule has 4 rings (SSSR count). The molecule has 2 heterocycles. The number of Topliss-reactive ketones (excluding diaryl/α,β-unsaturated/α-hetero) is 1. The summed E-state index contributed by atoms with van der Waals surface area (Å²) in [5.41, 5.74) is 1.80. The quantitative estimate of drug-likeness (QED) is 0.681. The maximum Gasteiger partial charge on any atom is 0.243 e. The summed E-state index contributed by atoms with van der Waals surface area (Å²) in [6.45, 7) is 3.86. The van der Waals surface area contributed by atoms with E-state index in [1.54, 1.807) is 16.4 Å². The van der Waals surface area contributed by atoms with E-state index in [1.165, 1.54) is 43.9 Å². The minimum atomic E-state index is -3.54. The molecule has 29 heavy (non-hydrogen) atoms. The van der Waals surface area contributed by atoms with E-state index in [2.05, 4.69) is 22.0 Å². The molecule has 154 valence electrons. The third-order valence-electron chi connectivity index (χ3n) is 6.21. The first kappa shape index (κ1) is 20.2. The van der Waals surface area contributed by atoms with Crippen LogP contribution >= 0.6 is 0 Å². The Labute approximate surface area is 172 Å². The minimum Gasteiger partial charge on any atom is -0.295 e. The number of rotatable bonds is 6. The number of hydrogen-bond donors (Lipinski definition) is 0. The molecule has 0 spiro atoms. The molecule has 1 aliphatic carbocycles. The molecule has 1 saturated heterocycles. The van der Waals surface area contributed by atoms with Crippen LogP contribution in [0, 0.1) is 5.92 Å². The lowest BCUT2D eigenvalue weighted by atomic mass is 9.76. The fourth-order valence-corrected chi connectivity index (χ4v) is 5.75. The van der Waals surface area contributed by atoms with Crippen molar-refractivity contribution >= 4 is 15.8 Å². The summed E-state index contributed by atoms with van der Waals surface area (Å²) in [5.74, 6) is 0.570. The zero-order valence-corrected chi connectivity index (χ0v) is 17.5. The van der Waals surface area contributed by atoms with E-state index in [1.807, 2.05) is 12.4 Å². The Balaban J connectivity index is 1.47. The average molecular weight is 414 g/mol. The molecular formula is C22H27N3O3S. The van der Waals surface area contributed by atoms with Crippen molar-refractivity contribution in [2.45, 2.75) is 37.1 Å². The molecule has 2 aromatic rings. The molecule has 1 unspecified atom stereocenters. The van der Waals surface area contributed by atoms with Gasteiger partial charge in [-0.1, -0.05) is 18.6 Å². The van der Waals surface area contributed by atoms with E-state index in [0.29, 0.717) is 43.7 Å². The summed E-state index contributed by atoms with van der Waals surface area (Å²) in [4.78, 5) is 18.3. The van der Waals surface area contributed by atoms with Crippen molar-refractivity contribution in [1.82, 2.24) is 14.2 Å². The summed E-state index contributed by atoms with van der Waals surface area (Å²) in [7, 11) is -3.54. The summed E-state index contributed by atoms with van der Waals surface area (Å²) < 4.78 is 27.6. The van der Waals surface area contributed by atoms with Crippen molar-refractivity contribution in [3.8, 4) is 0 Å². The Morgan fingerprint density at radius 3 is 2.14 bits per heavy atom. The molecule has 7 heteroatoms. The maximum atomic E-state index is 13.0. The topological polar surface area (TPSA) is 70.6 Å². The average Bonchev–Trinajstić information content (AvgIpc) is 2.71. The number of piperazine rings is 1. The smallest absolute Gasteiger partial charge is 0.243 e. The van der Waals surface area contributed by atoms with E-state index in [0.717, 1.165) is 0 Å². The van der Waals surface area contributed by atoms with Gasteiger partial charge in [-0.05, 0) is 55.5 Å².